The molecular weight excluding hydrogens is 797 g/mol. The maximum Gasteiger partial charge on any atom is 0.407 e. The van der Waals surface area contributed by atoms with Crippen LogP contribution in [0, 0.1) is 11.8 Å². The fraction of sp³-hybridized carbons (Fsp3) is 0.510. The van der Waals surface area contributed by atoms with E-state index in [2.05, 4.69) is 69.2 Å². The van der Waals surface area contributed by atoms with Crippen LogP contribution in [0.1, 0.15) is 127 Å². The SMILES string of the molecule is COC(=O)N[C@H](C(=O)N1CCCC[C@H]1c1ncc(-c2ccc(-c3ccc(-c4cnc([C@@H]5CCCCN5C(=O)[C@@H](NC(=O)OC)C(C)C)[nH]4)c4c3C3(C=C4)CCCC3)cc2)[nH]1)C(C)C. The van der Waals surface area contributed by atoms with E-state index in [-0.39, 0.29) is 41.1 Å². The van der Waals surface area contributed by atoms with E-state index in [0.717, 1.165) is 91.1 Å². The Morgan fingerprint density at radius 2 is 1.16 bits per heavy atom. The molecule has 4 N–H and O–H groups in total. The number of rotatable bonds is 11. The molecule has 2 aromatic carbocycles. The Hall–Kier alpha value is -5.92. The average Bonchev–Trinajstić information content (AvgIpc) is 4.15. The molecule has 14 nitrogen and oxygen atoms in total. The first-order chi connectivity index (χ1) is 30.4. The molecule has 1 spiro atoms. The first-order valence-corrected chi connectivity index (χ1v) is 22.8. The Morgan fingerprint density at radius 3 is 1.68 bits per heavy atom. The maximum absolute atomic E-state index is 14.0. The molecule has 4 aliphatic rings. The smallest absolute Gasteiger partial charge is 0.407 e. The van der Waals surface area contributed by atoms with Crippen LogP contribution in [0.3, 0.4) is 0 Å². The zero-order valence-electron chi connectivity index (χ0n) is 37.5. The third-order valence-corrected chi connectivity index (χ3v) is 13.8. The molecule has 2 saturated heterocycles. The monoisotopic (exact) mass is 858 g/mol. The normalized spacial score (nSPS) is 20.2. The number of piperidine rings is 2. The Labute approximate surface area is 370 Å². The Balaban J connectivity index is 1.05. The number of aromatic amines is 2. The largest absolute Gasteiger partial charge is 0.453 e. The van der Waals surface area contributed by atoms with Crippen molar-refractivity contribution in [3.63, 3.8) is 0 Å². The van der Waals surface area contributed by atoms with Gasteiger partial charge in [-0.2, -0.15) is 0 Å². The lowest BCUT2D eigenvalue weighted by Crippen LogP contribution is -2.53. The molecule has 0 radical (unpaired) electrons. The number of carbonyl (C=O) groups is 4. The zero-order valence-corrected chi connectivity index (χ0v) is 37.5. The Morgan fingerprint density at radius 1 is 0.667 bits per heavy atom. The van der Waals surface area contributed by atoms with Gasteiger partial charge < -0.3 is 39.9 Å². The maximum atomic E-state index is 14.0. The predicted octanol–water partition coefficient (Wildman–Crippen LogP) is 8.84. The summed E-state index contributed by atoms with van der Waals surface area (Å²) in [4.78, 5) is 72.8. The number of aromatic nitrogens is 4. The summed E-state index contributed by atoms with van der Waals surface area (Å²) in [5, 5.41) is 5.50. The molecule has 1 saturated carbocycles. The molecule has 0 bridgehead atoms. The van der Waals surface area contributed by atoms with Crippen molar-refractivity contribution in [3.05, 3.63) is 77.6 Å². The van der Waals surface area contributed by atoms with Crippen LogP contribution in [0.15, 0.2) is 54.9 Å². The lowest BCUT2D eigenvalue weighted by atomic mass is 9.76. The number of methoxy groups -OCH3 is 2. The minimum Gasteiger partial charge on any atom is -0.453 e. The second kappa shape index (κ2) is 18.4. The van der Waals surface area contributed by atoms with Gasteiger partial charge in [0.15, 0.2) is 0 Å². The van der Waals surface area contributed by atoms with Crippen LogP contribution in [0.25, 0.3) is 39.7 Å². The van der Waals surface area contributed by atoms with Crippen LogP contribution in [0.4, 0.5) is 9.59 Å². The summed E-state index contributed by atoms with van der Waals surface area (Å²) >= 11 is 0. The third kappa shape index (κ3) is 8.60. The van der Waals surface area contributed by atoms with Gasteiger partial charge >= 0.3 is 12.2 Å². The van der Waals surface area contributed by atoms with Crippen LogP contribution < -0.4 is 10.6 Å². The van der Waals surface area contributed by atoms with Crippen molar-refractivity contribution in [1.82, 2.24) is 40.4 Å². The molecule has 14 heteroatoms. The zero-order chi connectivity index (χ0) is 44.4. The molecule has 0 unspecified atom stereocenters. The van der Waals surface area contributed by atoms with Crippen molar-refractivity contribution >= 4 is 30.1 Å². The highest BCUT2D eigenvalue weighted by Crippen LogP contribution is 2.53. The molecule has 4 atom stereocenters. The van der Waals surface area contributed by atoms with E-state index in [1.807, 2.05) is 49.9 Å². The van der Waals surface area contributed by atoms with Gasteiger partial charge in [-0.05, 0) is 91.0 Å². The summed E-state index contributed by atoms with van der Waals surface area (Å²) in [6.07, 6.45) is 17.1. The van der Waals surface area contributed by atoms with Crippen molar-refractivity contribution in [1.29, 1.82) is 0 Å². The molecule has 2 aliphatic heterocycles. The molecule has 2 aromatic heterocycles. The number of nitrogens with zero attached hydrogens (tertiary/aromatic N) is 4. The fourth-order valence-corrected chi connectivity index (χ4v) is 10.4. The summed E-state index contributed by atoms with van der Waals surface area (Å²) in [7, 11) is 2.61. The van der Waals surface area contributed by atoms with Crippen LogP contribution >= 0.6 is 0 Å². The van der Waals surface area contributed by atoms with Crippen molar-refractivity contribution < 1.29 is 28.7 Å². The number of amides is 4. The number of allylic oxidation sites excluding steroid dienone is 1. The number of nitrogens with one attached hydrogen (secondary N) is 4. The Kier molecular flexibility index (Phi) is 12.8. The molecule has 2 aliphatic carbocycles. The van der Waals surface area contributed by atoms with Crippen LogP contribution in [-0.2, 0) is 24.5 Å². The second-order valence-corrected chi connectivity index (χ2v) is 18.4. The second-order valence-electron chi connectivity index (χ2n) is 18.4. The van der Waals surface area contributed by atoms with Crippen molar-refractivity contribution in [2.45, 2.75) is 121 Å². The quantitative estimate of drug-likeness (QED) is 0.116. The molecular formula is C49H62N8O6. The van der Waals surface area contributed by atoms with E-state index in [4.69, 9.17) is 19.4 Å². The molecule has 8 rings (SSSR count). The van der Waals surface area contributed by atoms with Crippen LogP contribution in [-0.4, -0.2) is 93.1 Å². The van der Waals surface area contributed by atoms with Gasteiger partial charge in [-0.3, -0.25) is 9.59 Å². The number of H-pyrrole nitrogens is 2. The fourth-order valence-electron chi connectivity index (χ4n) is 10.4. The van der Waals surface area contributed by atoms with Crippen molar-refractivity contribution in [2.24, 2.45) is 11.8 Å². The van der Waals surface area contributed by atoms with Crippen LogP contribution in [0.2, 0.25) is 0 Å². The number of hydrogen-bond donors (Lipinski definition) is 4. The van der Waals surface area contributed by atoms with Gasteiger partial charge in [-0.15, -0.1) is 0 Å². The van der Waals surface area contributed by atoms with Gasteiger partial charge in [0.1, 0.15) is 23.7 Å². The number of fused-ring (bicyclic) bond motifs is 2. The van der Waals surface area contributed by atoms with Crippen LogP contribution in [0.5, 0.6) is 0 Å². The molecule has 334 valence electrons. The summed E-state index contributed by atoms with van der Waals surface area (Å²) in [5.74, 6) is 1.02. The van der Waals surface area contributed by atoms with E-state index in [1.54, 1.807) is 0 Å². The first kappa shape index (κ1) is 43.7. The number of imidazole rings is 2. The lowest BCUT2D eigenvalue weighted by Gasteiger charge is -2.37. The summed E-state index contributed by atoms with van der Waals surface area (Å²) in [6, 6.07) is 11.3. The molecule has 63 heavy (non-hydrogen) atoms. The van der Waals surface area contributed by atoms with E-state index in [0.29, 0.717) is 13.1 Å². The summed E-state index contributed by atoms with van der Waals surface area (Å²) < 4.78 is 9.66. The number of alkyl carbamates (subject to hydrolysis) is 2. The lowest BCUT2D eigenvalue weighted by molar-refractivity contribution is -0.139. The van der Waals surface area contributed by atoms with Gasteiger partial charge in [0.2, 0.25) is 11.8 Å². The first-order valence-electron chi connectivity index (χ1n) is 22.8. The van der Waals surface area contributed by atoms with E-state index < -0.39 is 24.3 Å². The highest BCUT2D eigenvalue weighted by Gasteiger charge is 2.42. The standard InChI is InChI=1S/C49H62N8O6/c1-29(2)41(54-47(60)62-5)45(58)56-25-11-7-13-38(56)43-50-27-36(52-43)32-17-15-31(16-18-32)33-19-20-34(35-21-24-49(40(33)35)22-9-10-23-49)37-28-51-44(53-37)39-14-8-12-26-57(39)46(59)42(30(3)4)55-48(61)63-6/h15-21,24,27-30,38-39,41-42H,7-14,22-23,25-26H2,1-6H3,(H,50,52)(H,51,53)(H,54,60)(H,55,61)/t38-,39-,41-,42-/m0/s1. The average molecular weight is 859 g/mol. The number of ether oxygens (including phenoxy) is 2. The minimum atomic E-state index is -0.700. The van der Waals surface area contributed by atoms with Gasteiger partial charge in [-0.25, -0.2) is 19.6 Å². The highest BCUT2D eigenvalue weighted by atomic mass is 16.5. The molecule has 4 amide bonds. The summed E-state index contributed by atoms with van der Waals surface area (Å²) in [6.45, 7) is 8.88. The topological polar surface area (TPSA) is 175 Å². The van der Waals surface area contributed by atoms with Gasteiger partial charge in [-0.1, -0.05) is 89.1 Å². The molecule has 3 fully saturated rings. The Bertz CT molecular complexity index is 2340. The molecule has 4 aromatic rings. The van der Waals surface area contributed by atoms with E-state index >= 15 is 0 Å². The number of benzene rings is 2. The van der Waals surface area contributed by atoms with Crippen molar-refractivity contribution in [2.75, 3.05) is 27.3 Å². The number of carbonyl (C=O) groups excluding carboxylic acids is 4. The van der Waals surface area contributed by atoms with Gasteiger partial charge in [0.05, 0.1) is 50.1 Å². The third-order valence-electron chi connectivity index (χ3n) is 13.8. The van der Waals surface area contributed by atoms with Gasteiger partial charge in [0, 0.05) is 24.1 Å². The number of hydrogen-bond acceptors (Lipinski definition) is 8. The van der Waals surface area contributed by atoms with Gasteiger partial charge in [0.25, 0.3) is 0 Å². The molecule has 4 heterocycles. The summed E-state index contributed by atoms with van der Waals surface area (Å²) in [5.41, 5.74) is 8.78. The predicted molar refractivity (Wildman–Crippen MR) is 241 cm³/mol. The number of likely N-dealkylation sites (tertiary alicyclic amines) is 2. The highest BCUT2D eigenvalue weighted by molar-refractivity contribution is 5.89. The minimum absolute atomic E-state index is 0.0319. The van der Waals surface area contributed by atoms with Crippen molar-refractivity contribution in [3.8, 4) is 33.6 Å². The van der Waals surface area contributed by atoms with E-state index in [1.165, 1.54) is 43.8 Å². The van der Waals surface area contributed by atoms with E-state index in [9.17, 15) is 19.2 Å².